The molecule has 2 heterocycles. The van der Waals surface area contributed by atoms with Crippen LogP contribution in [0.25, 0.3) is 0 Å². The molecule has 0 aromatic carbocycles. The van der Waals surface area contributed by atoms with Gasteiger partial charge in [0.2, 0.25) is 5.91 Å². The number of rotatable bonds is 1. The molecule has 13 heavy (non-hydrogen) atoms. The van der Waals surface area contributed by atoms with Crippen molar-refractivity contribution in [1.29, 1.82) is 0 Å². The lowest BCUT2D eigenvalue weighted by atomic mass is 10.0. The van der Waals surface area contributed by atoms with Crippen molar-refractivity contribution in [3.63, 3.8) is 0 Å². The van der Waals surface area contributed by atoms with E-state index in [1.807, 2.05) is 0 Å². The number of aromatic nitrogens is 1. The van der Waals surface area contributed by atoms with E-state index in [1.165, 1.54) is 6.07 Å². The lowest BCUT2D eigenvalue weighted by Gasteiger charge is -2.06. The first-order chi connectivity index (χ1) is 6.27. The quantitative estimate of drug-likeness (QED) is 0.695. The maximum atomic E-state index is 13.2. The van der Waals surface area contributed by atoms with Gasteiger partial charge in [-0.2, -0.15) is 0 Å². The molecule has 1 amide bonds. The van der Waals surface area contributed by atoms with E-state index < -0.39 is 0 Å². The van der Waals surface area contributed by atoms with Crippen molar-refractivity contribution in [2.24, 2.45) is 0 Å². The summed E-state index contributed by atoms with van der Waals surface area (Å²) in [4.78, 5) is 14.8. The van der Waals surface area contributed by atoms with Gasteiger partial charge in [0, 0.05) is 25.1 Å². The highest BCUT2D eigenvalue weighted by Gasteiger charge is 2.26. The van der Waals surface area contributed by atoms with Crippen LogP contribution in [0.3, 0.4) is 0 Å². The molecule has 1 fully saturated rings. The molecule has 1 aliphatic rings. The second kappa shape index (κ2) is 3.12. The largest absolute Gasteiger partial charge is 0.355 e. The predicted molar refractivity (Wildman–Crippen MR) is 44.6 cm³/mol. The van der Waals surface area contributed by atoms with E-state index in [1.54, 1.807) is 12.3 Å². The van der Waals surface area contributed by atoms with E-state index >= 15 is 0 Å². The molecule has 4 heteroatoms. The normalized spacial score (nSPS) is 21.6. The number of nitrogens with zero attached hydrogens (tertiary/aromatic N) is 1. The monoisotopic (exact) mass is 180 g/mol. The molecule has 0 saturated carbocycles. The standard InChI is InChI=1S/C9H9FN2O/c10-7-2-1-3-11-9(7)6-4-8(13)12-5-6/h1-3,6H,4-5H2,(H,12,13). The van der Waals surface area contributed by atoms with Crippen molar-refractivity contribution in [2.75, 3.05) is 6.54 Å². The Hall–Kier alpha value is -1.45. The first kappa shape index (κ1) is 8.16. The van der Waals surface area contributed by atoms with E-state index in [2.05, 4.69) is 10.3 Å². The Bertz CT molecular complexity index is 340. The Kier molecular flexibility index (Phi) is 1.96. The van der Waals surface area contributed by atoms with Crippen molar-refractivity contribution in [2.45, 2.75) is 12.3 Å². The Morgan fingerprint density at radius 1 is 1.62 bits per heavy atom. The van der Waals surface area contributed by atoms with Crippen LogP contribution in [0.4, 0.5) is 4.39 Å². The molecular formula is C9H9FN2O. The Balaban J connectivity index is 2.26. The number of carbonyl (C=O) groups excluding carboxylic acids is 1. The number of pyridine rings is 1. The number of halogens is 1. The van der Waals surface area contributed by atoms with Gasteiger partial charge in [-0.25, -0.2) is 4.39 Å². The number of amides is 1. The highest BCUT2D eigenvalue weighted by molar-refractivity contribution is 5.79. The van der Waals surface area contributed by atoms with Gasteiger partial charge >= 0.3 is 0 Å². The minimum atomic E-state index is -0.330. The molecule has 1 aromatic heterocycles. The first-order valence-electron chi connectivity index (χ1n) is 4.14. The third kappa shape index (κ3) is 1.52. The zero-order valence-corrected chi connectivity index (χ0v) is 6.96. The van der Waals surface area contributed by atoms with Crippen LogP contribution in [0.1, 0.15) is 18.0 Å². The Labute approximate surface area is 75.0 Å². The van der Waals surface area contributed by atoms with Gasteiger partial charge in [0.15, 0.2) is 0 Å². The van der Waals surface area contributed by atoms with E-state index in [-0.39, 0.29) is 17.6 Å². The maximum absolute atomic E-state index is 13.2. The lowest BCUT2D eigenvalue weighted by Crippen LogP contribution is -2.14. The molecule has 68 valence electrons. The molecular weight excluding hydrogens is 171 g/mol. The van der Waals surface area contributed by atoms with Crippen molar-refractivity contribution in [3.8, 4) is 0 Å². The summed E-state index contributed by atoms with van der Waals surface area (Å²) < 4.78 is 13.2. The number of carbonyl (C=O) groups is 1. The fourth-order valence-electron chi connectivity index (χ4n) is 1.50. The minimum absolute atomic E-state index is 0.0324. The molecule has 0 radical (unpaired) electrons. The molecule has 0 aliphatic carbocycles. The second-order valence-corrected chi connectivity index (χ2v) is 3.08. The fraction of sp³-hybridized carbons (Fsp3) is 0.333. The van der Waals surface area contributed by atoms with Gasteiger partial charge in [-0.15, -0.1) is 0 Å². The van der Waals surface area contributed by atoms with Crippen molar-refractivity contribution in [3.05, 3.63) is 29.8 Å². The average Bonchev–Trinajstić information content (AvgIpc) is 2.53. The number of hydrogen-bond acceptors (Lipinski definition) is 2. The van der Waals surface area contributed by atoms with Crippen LogP contribution < -0.4 is 5.32 Å². The predicted octanol–water partition coefficient (Wildman–Crippen LogP) is 0.824. The molecule has 1 aliphatic heterocycles. The first-order valence-corrected chi connectivity index (χ1v) is 4.14. The second-order valence-electron chi connectivity index (χ2n) is 3.08. The topological polar surface area (TPSA) is 42.0 Å². The van der Waals surface area contributed by atoms with Gasteiger partial charge in [-0.05, 0) is 12.1 Å². The van der Waals surface area contributed by atoms with Crippen LogP contribution in [-0.2, 0) is 4.79 Å². The number of nitrogens with one attached hydrogen (secondary N) is 1. The van der Waals surface area contributed by atoms with Crippen LogP contribution in [0.2, 0.25) is 0 Å². The molecule has 0 bridgehead atoms. The molecule has 1 unspecified atom stereocenters. The van der Waals surface area contributed by atoms with E-state index in [0.717, 1.165) is 0 Å². The summed E-state index contributed by atoms with van der Waals surface area (Å²) in [6, 6.07) is 2.91. The zero-order chi connectivity index (χ0) is 9.26. The van der Waals surface area contributed by atoms with E-state index in [9.17, 15) is 9.18 Å². The summed E-state index contributed by atoms with van der Waals surface area (Å²) in [6.45, 7) is 0.493. The average molecular weight is 180 g/mol. The summed E-state index contributed by atoms with van der Waals surface area (Å²) in [5.74, 6) is -0.465. The zero-order valence-electron chi connectivity index (χ0n) is 6.96. The molecule has 2 rings (SSSR count). The summed E-state index contributed by atoms with van der Waals surface area (Å²) in [5.41, 5.74) is 0.390. The van der Waals surface area contributed by atoms with Crippen molar-refractivity contribution < 1.29 is 9.18 Å². The fourth-order valence-corrected chi connectivity index (χ4v) is 1.50. The van der Waals surface area contributed by atoms with E-state index in [0.29, 0.717) is 18.7 Å². The number of hydrogen-bond donors (Lipinski definition) is 1. The van der Waals surface area contributed by atoms with Gasteiger partial charge in [-0.3, -0.25) is 9.78 Å². The summed E-state index contributed by atoms with van der Waals surface area (Å²) in [5, 5.41) is 2.65. The summed E-state index contributed by atoms with van der Waals surface area (Å²) in [7, 11) is 0. The summed E-state index contributed by atoms with van der Waals surface area (Å²) >= 11 is 0. The van der Waals surface area contributed by atoms with Gasteiger partial charge in [0.25, 0.3) is 0 Å². The van der Waals surface area contributed by atoms with Crippen LogP contribution in [0.5, 0.6) is 0 Å². The van der Waals surface area contributed by atoms with Crippen molar-refractivity contribution >= 4 is 5.91 Å². The van der Waals surface area contributed by atoms with Gasteiger partial charge < -0.3 is 5.32 Å². The highest BCUT2D eigenvalue weighted by Crippen LogP contribution is 2.22. The van der Waals surface area contributed by atoms with Gasteiger partial charge in [0.1, 0.15) is 5.82 Å². The molecule has 1 saturated heterocycles. The molecule has 1 aromatic rings. The summed E-state index contributed by atoms with van der Waals surface area (Å²) in [6.07, 6.45) is 1.88. The maximum Gasteiger partial charge on any atom is 0.220 e. The minimum Gasteiger partial charge on any atom is -0.355 e. The third-order valence-corrected chi connectivity index (χ3v) is 2.15. The highest BCUT2D eigenvalue weighted by atomic mass is 19.1. The molecule has 3 nitrogen and oxygen atoms in total. The van der Waals surface area contributed by atoms with Gasteiger partial charge in [-0.1, -0.05) is 0 Å². The molecule has 0 spiro atoms. The van der Waals surface area contributed by atoms with Gasteiger partial charge in [0.05, 0.1) is 5.69 Å². The lowest BCUT2D eigenvalue weighted by molar-refractivity contribution is -0.119. The Morgan fingerprint density at radius 3 is 3.08 bits per heavy atom. The smallest absolute Gasteiger partial charge is 0.220 e. The Morgan fingerprint density at radius 2 is 2.46 bits per heavy atom. The SMILES string of the molecule is O=C1CC(c2ncccc2F)CN1. The van der Waals surface area contributed by atoms with Crippen LogP contribution in [-0.4, -0.2) is 17.4 Å². The van der Waals surface area contributed by atoms with Crippen LogP contribution in [0.15, 0.2) is 18.3 Å². The third-order valence-electron chi connectivity index (χ3n) is 2.15. The molecule has 1 atom stereocenters. The van der Waals surface area contributed by atoms with Crippen LogP contribution in [0, 0.1) is 5.82 Å². The van der Waals surface area contributed by atoms with Crippen molar-refractivity contribution in [1.82, 2.24) is 10.3 Å². The van der Waals surface area contributed by atoms with Crippen LogP contribution >= 0.6 is 0 Å². The molecule has 1 N–H and O–H groups in total. The van der Waals surface area contributed by atoms with E-state index in [4.69, 9.17) is 0 Å².